The molecule has 0 saturated heterocycles. The molecule has 0 N–H and O–H groups in total. The van der Waals surface area contributed by atoms with Crippen LogP contribution in [0.4, 0.5) is 4.39 Å². The number of rotatable bonds is 1. The maximum Gasteiger partial charge on any atom is 0.123 e. The Bertz CT molecular complexity index is 358. The average molecular weight is 216 g/mol. The van der Waals surface area contributed by atoms with Crippen LogP contribution in [-0.2, 0) is 0 Å². The van der Waals surface area contributed by atoms with Crippen LogP contribution >= 0.6 is 23.7 Å². The molecule has 0 spiro atoms. The molecule has 0 amide bonds. The zero-order valence-corrected chi connectivity index (χ0v) is 8.24. The predicted molar refractivity (Wildman–Crippen MR) is 54.8 cm³/mol. The van der Waals surface area contributed by atoms with Gasteiger partial charge in [0.2, 0.25) is 0 Å². The molecule has 0 aliphatic heterocycles. The van der Waals surface area contributed by atoms with Crippen LogP contribution in [0.2, 0.25) is 0 Å². The maximum absolute atomic E-state index is 12.5. The van der Waals surface area contributed by atoms with Gasteiger partial charge in [0.1, 0.15) is 10.8 Å². The molecule has 0 radical (unpaired) electrons. The molecule has 0 fully saturated rings. The van der Waals surface area contributed by atoms with Crippen molar-refractivity contribution in [3.63, 3.8) is 0 Å². The zero-order chi connectivity index (χ0) is 8.39. The van der Waals surface area contributed by atoms with E-state index in [1.165, 1.54) is 12.1 Å². The molecule has 1 nitrogen and oxygen atoms in total. The van der Waals surface area contributed by atoms with Crippen molar-refractivity contribution < 1.29 is 4.39 Å². The lowest BCUT2D eigenvalue weighted by atomic mass is 10.2. The molecular formula is C9H7ClFNS. The van der Waals surface area contributed by atoms with Gasteiger partial charge in [-0.15, -0.1) is 23.7 Å². The summed E-state index contributed by atoms with van der Waals surface area (Å²) in [4.78, 5) is 4.11. The first-order chi connectivity index (χ1) is 5.86. The lowest BCUT2D eigenvalue weighted by Crippen LogP contribution is -1.76. The SMILES string of the molecule is Cl.Fc1ccc(-c2nccs2)cc1. The van der Waals surface area contributed by atoms with Gasteiger partial charge in [-0.2, -0.15) is 0 Å². The van der Waals surface area contributed by atoms with Crippen LogP contribution < -0.4 is 0 Å². The molecular weight excluding hydrogens is 209 g/mol. The number of nitrogens with zero attached hydrogens (tertiary/aromatic N) is 1. The van der Waals surface area contributed by atoms with Crippen molar-refractivity contribution in [2.24, 2.45) is 0 Å². The lowest BCUT2D eigenvalue weighted by Gasteiger charge is -1.93. The van der Waals surface area contributed by atoms with E-state index >= 15 is 0 Å². The largest absolute Gasteiger partial charge is 0.245 e. The molecule has 68 valence electrons. The first kappa shape index (κ1) is 10.2. The van der Waals surface area contributed by atoms with E-state index in [1.807, 2.05) is 5.38 Å². The van der Waals surface area contributed by atoms with E-state index in [-0.39, 0.29) is 18.2 Å². The van der Waals surface area contributed by atoms with Crippen molar-refractivity contribution >= 4 is 23.7 Å². The van der Waals surface area contributed by atoms with E-state index in [0.29, 0.717) is 0 Å². The first-order valence-corrected chi connectivity index (χ1v) is 4.39. The number of aromatic nitrogens is 1. The van der Waals surface area contributed by atoms with Gasteiger partial charge in [-0.1, -0.05) is 0 Å². The molecule has 1 aromatic heterocycles. The Hall–Kier alpha value is -0.930. The Morgan fingerprint density at radius 1 is 1.15 bits per heavy atom. The molecule has 0 atom stereocenters. The number of hydrogen-bond donors (Lipinski definition) is 0. The minimum absolute atomic E-state index is 0. The van der Waals surface area contributed by atoms with Gasteiger partial charge in [0.15, 0.2) is 0 Å². The minimum Gasteiger partial charge on any atom is -0.245 e. The average Bonchev–Trinajstić information content (AvgIpc) is 2.58. The summed E-state index contributed by atoms with van der Waals surface area (Å²) in [6, 6.07) is 6.34. The Morgan fingerprint density at radius 2 is 1.85 bits per heavy atom. The first-order valence-electron chi connectivity index (χ1n) is 3.52. The number of halogens is 2. The highest BCUT2D eigenvalue weighted by molar-refractivity contribution is 7.13. The number of thiazole rings is 1. The summed E-state index contributed by atoms with van der Waals surface area (Å²) in [6.07, 6.45) is 1.74. The fourth-order valence-electron chi connectivity index (χ4n) is 0.958. The molecule has 4 heteroatoms. The van der Waals surface area contributed by atoms with Crippen LogP contribution in [0.3, 0.4) is 0 Å². The van der Waals surface area contributed by atoms with E-state index < -0.39 is 0 Å². The summed E-state index contributed by atoms with van der Waals surface area (Å²) >= 11 is 1.55. The Labute approximate surface area is 85.7 Å². The second-order valence-corrected chi connectivity index (χ2v) is 3.24. The molecule has 2 rings (SSSR count). The van der Waals surface area contributed by atoms with Gasteiger partial charge in [0.05, 0.1) is 0 Å². The zero-order valence-electron chi connectivity index (χ0n) is 6.61. The fourth-order valence-corrected chi connectivity index (χ4v) is 1.60. The second-order valence-electron chi connectivity index (χ2n) is 2.34. The van der Waals surface area contributed by atoms with Gasteiger partial charge in [0.25, 0.3) is 0 Å². The molecule has 1 heterocycles. The third kappa shape index (κ3) is 2.26. The fraction of sp³-hybridized carbons (Fsp3) is 0. The summed E-state index contributed by atoms with van der Waals surface area (Å²) < 4.78 is 12.5. The van der Waals surface area contributed by atoms with Crippen molar-refractivity contribution in [1.82, 2.24) is 4.98 Å². The molecule has 0 unspecified atom stereocenters. The Balaban J connectivity index is 0.000000845. The summed E-state index contributed by atoms with van der Waals surface area (Å²) in [6.45, 7) is 0. The number of hydrogen-bond acceptors (Lipinski definition) is 2. The quantitative estimate of drug-likeness (QED) is 0.711. The van der Waals surface area contributed by atoms with Gasteiger partial charge in [-0.25, -0.2) is 9.37 Å². The summed E-state index contributed by atoms with van der Waals surface area (Å²) in [5, 5.41) is 2.83. The smallest absolute Gasteiger partial charge is 0.123 e. The second kappa shape index (κ2) is 4.35. The van der Waals surface area contributed by atoms with Gasteiger partial charge in [-0.05, 0) is 24.3 Å². The highest BCUT2D eigenvalue weighted by atomic mass is 35.5. The molecule has 13 heavy (non-hydrogen) atoms. The third-order valence-electron chi connectivity index (χ3n) is 1.52. The third-order valence-corrected chi connectivity index (χ3v) is 2.35. The van der Waals surface area contributed by atoms with Crippen molar-refractivity contribution in [1.29, 1.82) is 0 Å². The molecule has 2 aromatic rings. The van der Waals surface area contributed by atoms with Crippen LogP contribution in [0.1, 0.15) is 0 Å². The van der Waals surface area contributed by atoms with Gasteiger partial charge in [0, 0.05) is 17.1 Å². The van der Waals surface area contributed by atoms with E-state index in [4.69, 9.17) is 0 Å². The normalized spacial score (nSPS) is 9.31. The maximum atomic E-state index is 12.5. The molecule has 0 saturated carbocycles. The van der Waals surface area contributed by atoms with Crippen LogP contribution in [0.5, 0.6) is 0 Å². The standard InChI is InChI=1S/C9H6FNS.ClH/c10-8-3-1-7(2-4-8)9-11-5-6-12-9;/h1-6H;1H. The summed E-state index contributed by atoms with van der Waals surface area (Å²) in [5.41, 5.74) is 0.964. The molecule has 0 bridgehead atoms. The predicted octanol–water partition coefficient (Wildman–Crippen LogP) is 3.37. The topological polar surface area (TPSA) is 12.9 Å². The van der Waals surface area contributed by atoms with Crippen LogP contribution in [0.25, 0.3) is 10.6 Å². The van der Waals surface area contributed by atoms with Crippen molar-refractivity contribution in [2.45, 2.75) is 0 Å². The van der Waals surface area contributed by atoms with Crippen LogP contribution in [0.15, 0.2) is 35.8 Å². The van der Waals surface area contributed by atoms with Crippen molar-refractivity contribution in [3.05, 3.63) is 41.7 Å². The van der Waals surface area contributed by atoms with E-state index in [9.17, 15) is 4.39 Å². The minimum atomic E-state index is -0.213. The van der Waals surface area contributed by atoms with Crippen molar-refractivity contribution in [2.75, 3.05) is 0 Å². The van der Waals surface area contributed by atoms with Crippen LogP contribution in [-0.4, -0.2) is 4.98 Å². The van der Waals surface area contributed by atoms with E-state index in [0.717, 1.165) is 10.6 Å². The Morgan fingerprint density at radius 3 is 2.38 bits per heavy atom. The summed E-state index contributed by atoms with van der Waals surface area (Å²) in [5.74, 6) is -0.213. The van der Waals surface area contributed by atoms with E-state index in [1.54, 1.807) is 29.7 Å². The van der Waals surface area contributed by atoms with Gasteiger partial charge in [-0.3, -0.25) is 0 Å². The number of benzene rings is 1. The van der Waals surface area contributed by atoms with Crippen molar-refractivity contribution in [3.8, 4) is 10.6 Å². The van der Waals surface area contributed by atoms with Gasteiger partial charge >= 0.3 is 0 Å². The Kier molecular flexibility index (Phi) is 3.39. The molecule has 0 aliphatic carbocycles. The van der Waals surface area contributed by atoms with Crippen LogP contribution in [0, 0.1) is 5.82 Å². The monoisotopic (exact) mass is 215 g/mol. The summed E-state index contributed by atoms with van der Waals surface area (Å²) in [7, 11) is 0. The molecule has 1 aromatic carbocycles. The highest BCUT2D eigenvalue weighted by Crippen LogP contribution is 2.21. The lowest BCUT2D eigenvalue weighted by molar-refractivity contribution is 0.628. The van der Waals surface area contributed by atoms with Gasteiger partial charge < -0.3 is 0 Å². The molecule has 0 aliphatic rings. The highest BCUT2D eigenvalue weighted by Gasteiger charge is 1.98. The van der Waals surface area contributed by atoms with E-state index in [2.05, 4.69) is 4.98 Å².